The number of rotatable bonds is 2. The fourth-order valence-corrected chi connectivity index (χ4v) is 2.21. The van der Waals surface area contributed by atoms with Crippen LogP contribution in [0.5, 0.6) is 0 Å². The Morgan fingerprint density at radius 1 is 1.21 bits per heavy atom. The minimum Gasteiger partial charge on any atom is -0.349 e. The first-order valence-electron chi connectivity index (χ1n) is 5.73. The van der Waals surface area contributed by atoms with Crippen molar-refractivity contribution in [3.8, 4) is 0 Å². The summed E-state index contributed by atoms with van der Waals surface area (Å²) >= 11 is 3.39. The van der Waals surface area contributed by atoms with Gasteiger partial charge in [0.2, 0.25) is 0 Å². The average molecular weight is 316 g/mol. The highest BCUT2D eigenvalue weighted by molar-refractivity contribution is 9.10. The Kier molecular flexibility index (Phi) is 3.05. The first-order chi connectivity index (χ1) is 9.24. The number of nitrogens with zero attached hydrogens (tertiary/aromatic N) is 1. The van der Waals surface area contributed by atoms with Crippen LogP contribution in [0.25, 0.3) is 11.0 Å². The van der Waals surface area contributed by atoms with Gasteiger partial charge in [-0.2, -0.15) is 0 Å². The topological polar surface area (TPSA) is 57.8 Å². The molecule has 0 fully saturated rings. The number of carbonyl (C=O) groups excluding carboxylic acids is 1. The molecule has 0 unspecified atom stereocenters. The van der Waals surface area contributed by atoms with Crippen LogP contribution in [0.4, 0.5) is 5.69 Å². The van der Waals surface area contributed by atoms with E-state index in [0.717, 1.165) is 21.2 Å². The number of hydrogen-bond donors (Lipinski definition) is 2. The number of aromatic nitrogens is 2. The highest BCUT2D eigenvalue weighted by Crippen LogP contribution is 2.22. The van der Waals surface area contributed by atoms with Crippen LogP contribution in [0.15, 0.2) is 53.1 Å². The number of fused-ring (bicyclic) bond motifs is 1. The first-order valence-corrected chi connectivity index (χ1v) is 6.53. The molecule has 2 N–H and O–H groups in total. The summed E-state index contributed by atoms with van der Waals surface area (Å²) in [5.74, 6) is -0.190. The molecule has 19 heavy (non-hydrogen) atoms. The van der Waals surface area contributed by atoms with Gasteiger partial charge in [0.15, 0.2) is 0 Å². The number of benzene rings is 1. The highest BCUT2D eigenvalue weighted by atomic mass is 79.9. The van der Waals surface area contributed by atoms with Gasteiger partial charge in [0.1, 0.15) is 5.69 Å². The molecule has 4 nitrogen and oxygen atoms in total. The van der Waals surface area contributed by atoms with Gasteiger partial charge in [0, 0.05) is 10.7 Å². The van der Waals surface area contributed by atoms with Gasteiger partial charge in [-0.3, -0.25) is 9.78 Å². The molecular formula is C14H10BrN3O. The van der Waals surface area contributed by atoms with E-state index in [1.54, 1.807) is 12.3 Å². The number of halogens is 1. The number of aromatic amines is 1. The Hall–Kier alpha value is -2.14. The number of amides is 1. The van der Waals surface area contributed by atoms with Crippen molar-refractivity contribution in [2.75, 3.05) is 5.32 Å². The fourth-order valence-electron chi connectivity index (χ4n) is 1.83. The summed E-state index contributed by atoms with van der Waals surface area (Å²) in [6.07, 6.45) is 1.70. The molecule has 0 spiro atoms. The number of H-pyrrole nitrogens is 1. The van der Waals surface area contributed by atoms with Crippen LogP contribution in [0, 0.1) is 0 Å². The number of hydrogen-bond acceptors (Lipinski definition) is 2. The molecule has 1 amide bonds. The smallest absolute Gasteiger partial charge is 0.272 e. The zero-order chi connectivity index (χ0) is 13.2. The lowest BCUT2D eigenvalue weighted by Crippen LogP contribution is -2.12. The summed E-state index contributed by atoms with van der Waals surface area (Å²) in [6, 6.07) is 12.9. The molecule has 0 saturated carbocycles. The van der Waals surface area contributed by atoms with Crippen molar-refractivity contribution in [2.45, 2.75) is 0 Å². The van der Waals surface area contributed by atoms with Gasteiger partial charge in [-0.15, -0.1) is 0 Å². The number of pyridine rings is 1. The first kappa shape index (κ1) is 11.9. The Labute approximate surface area is 118 Å². The van der Waals surface area contributed by atoms with Crippen LogP contribution in [0.3, 0.4) is 0 Å². The molecule has 0 bridgehead atoms. The average Bonchev–Trinajstić information content (AvgIpc) is 2.85. The van der Waals surface area contributed by atoms with Crippen molar-refractivity contribution in [1.29, 1.82) is 0 Å². The standard InChI is InChI=1S/C14H10BrN3O/c15-9-4-1-2-5-10(9)18-14(19)13-8-12-11(17-13)6-3-7-16-12/h1-8,17H,(H,18,19). The molecule has 0 aliphatic carbocycles. The third kappa shape index (κ3) is 2.37. The van der Waals surface area contributed by atoms with Crippen LogP contribution in [0.1, 0.15) is 10.5 Å². The molecule has 0 saturated heterocycles. The van der Waals surface area contributed by atoms with E-state index in [9.17, 15) is 4.79 Å². The van der Waals surface area contributed by atoms with Crippen molar-refractivity contribution in [3.05, 3.63) is 58.8 Å². The van der Waals surface area contributed by atoms with E-state index in [4.69, 9.17) is 0 Å². The van der Waals surface area contributed by atoms with Crippen molar-refractivity contribution < 1.29 is 4.79 Å². The van der Waals surface area contributed by atoms with E-state index in [1.807, 2.05) is 36.4 Å². The highest BCUT2D eigenvalue weighted by Gasteiger charge is 2.11. The Morgan fingerprint density at radius 3 is 2.84 bits per heavy atom. The van der Waals surface area contributed by atoms with Crippen LogP contribution < -0.4 is 5.32 Å². The minimum atomic E-state index is -0.190. The van der Waals surface area contributed by atoms with Gasteiger partial charge >= 0.3 is 0 Å². The van der Waals surface area contributed by atoms with E-state index < -0.39 is 0 Å². The Morgan fingerprint density at radius 2 is 2.05 bits per heavy atom. The maximum absolute atomic E-state index is 12.1. The predicted molar refractivity (Wildman–Crippen MR) is 78.2 cm³/mol. The van der Waals surface area contributed by atoms with E-state index in [1.165, 1.54) is 0 Å². The molecule has 3 aromatic rings. The monoisotopic (exact) mass is 315 g/mol. The van der Waals surface area contributed by atoms with Crippen LogP contribution in [-0.4, -0.2) is 15.9 Å². The Bertz CT molecular complexity index is 718. The lowest BCUT2D eigenvalue weighted by molar-refractivity contribution is 0.102. The van der Waals surface area contributed by atoms with Crippen molar-refractivity contribution >= 4 is 38.6 Å². The second-order valence-electron chi connectivity index (χ2n) is 4.05. The van der Waals surface area contributed by atoms with Gasteiger partial charge in [0.25, 0.3) is 5.91 Å². The predicted octanol–water partition coefficient (Wildman–Crippen LogP) is 3.58. The van der Waals surface area contributed by atoms with E-state index in [0.29, 0.717) is 5.69 Å². The second kappa shape index (κ2) is 4.85. The molecule has 2 aromatic heterocycles. The number of carbonyl (C=O) groups is 1. The minimum absolute atomic E-state index is 0.190. The van der Waals surface area contributed by atoms with Crippen LogP contribution in [-0.2, 0) is 0 Å². The summed E-state index contributed by atoms with van der Waals surface area (Å²) in [7, 11) is 0. The summed E-state index contributed by atoms with van der Waals surface area (Å²) in [5.41, 5.74) is 2.85. The van der Waals surface area contributed by atoms with E-state index in [-0.39, 0.29) is 5.91 Å². The van der Waals surface area contributed by atoms with Crippen LogP contribution in [0.2, 0.25) is 0 Å². The van der Waals surface area contributed by atoms with Gasteiger partial charge < -0.3 is 10.3 Å². The SMILES string of the molecule is O=C(Nc1ccccc1Br)c1cc2ncccc2[nH]1. The molecule has 5 heteroatoms. The van der Waals surface area contributed by atoms with Crippen molar-refractivity contribution in [3.63, 3.8) is 0 Å². The van der Waals surface area contributed by atoms with Crippen LogP contribution >= 0.6 is 15.9 Å². The van der Waals surface area contributed by atoms with Gasteiger partial charge in [0.05, 0.1) is 16.7 Å². The lowest BCUT2D eigenvalue weighted by atomic mass is 10.3. The number of nitrogens with one attached hydrogen (secondary N) is 2. The van der Waals surface area contributed by atoms with Gasteiger partial charge in [-0.05, 0) is 46.3 Å². The fraction of sp³-hybridized carbons (Fsp3) is 0. The second-order valence-corrected chi connectivity index (χ2v) is 4.91. The van der Waals surface area contributed by atoms with Crippen molar-refractivity contribution in [1.82, 2.24) is 9.97 Å². The zero-order valence-corrected chi connectivity index (χ0v) is 11.4. The normalized spacial score (nSPS) is 10.6. The lowest BCUT2D eigenvalue weighted by Gasteiger charge is -2.05. The number of anilines is 1. The maximum atomic E-state index is 12.1. The third-order valence-corrected chi connectivity index (χ3v) is 3.45. The number of para-hydroxylation sites is 1. The molecule has 0 radical (unpaired) electrons. The molecular weight excluding hydrogens is 306 g/mol. The third-order valence-electron chi connectivity index (χ3n) is 2.76. The summed E-state index contributed by atoms with van der Waals surface area (Å²) in [6.45, 7) is 0. The van der Waals surface area contributed by atoms with Crippen molar-refractivity contribution in [2.24, 2.45) is 0 Å². The van der Waals surface area contributed by atoms with Gasteiger partial charge in [-0.1, -0.05) is 12.1 Å². The molecule has 3 rings (SSSR count). The molecule has 0 aliphatic rings. The largest absolute Gasteiger partial charge is 0.349 e. The van der Waals surface area contributed by atoms with E-state index >= 15 is 0 Å². The summed E-state index contributed by atoms with van der Waals surface area (Å²) < 4.78 is 0.845. The summed E-state index contributed by atoms with van der Waals surface area (Å²) in [5, 5.41) is 2.84. The zero-order valence-electron chi connectivity index (χ0n) is 9.85. The molecule has 0 aliphatic heterocycles. The van der Waals surface area contributed by atoms with E-state index in [2.05, 4.69) is 31.2 Å². The van der Waals surface area contributed by atoms with Gasteiger partial charge in [-0.25, -0.2) is 0 Å². The maximum Gasteiger partial charge on any atom is 0.272 e. The Balaban J connectivity index is 1.90. The molecule has 94 valence electrons. The molecule has 0 atom stereocenters. The quantitative estimate of drug-likeness (QED) is 0.759. The molecule has 1 aromatic carbocycles. The molecule has 2 heterocycles. The summed E-state index contributed by atoms with van der Waals surface area (Å²) in [4.78, 5) is 19.4.